The van der Waals surface area contributed by atoms with Crippen LogP contribution >= 0.6 is 0 Å². The summed E-state index contributed by atoms with van der Waals surface area (Å²) in [6, 6.07) is 15.7. The first-order chi connectivity index (χ1) is 11.8. The van der Waals surface area contributed by atoms with Crippen LogP contribution in [0.25, 0.3) is 10.9 Å². The monoisotopic (exact) mass is 318 g/mol. The van der Waals surface area contributed by atoms with E-state index in [1.165, 1.54) is 47.7 Å². The predicted molar refractivity (Wildman–Crippen MR) is 102 cm³/mol. The summed E-state index contributed by atoms with van der Waals surface area (Å²) >= 11 is 0. The van der Waals surface area contributed by atoms with Crippen LogP contribution < -0.4 is 5.73 Å². The van der Waals surface area contributed by atoms with Crippen molar-refractivity contribution < 1.29 is 0 Å². The smallest absolute Gasteiger partial charge is 0.0480 e. The van der Waals surface area contributed by atoms with Crippen molar-refractivity contribution in [2.45, 2.75) is 38.0 Å². The average molecular weight is 318 g/mol. The quantitative estimate of drug-likeness (QED) is 0.762. The Kier molecular flexibility index (Phi) is 4.15. The van der Waals surface area contributed by atoms with Crippen molar-refractivity contribution in [1.29, 1.82) is 0 Å². The second-order valence-electron chi connectivity index (χ2n) is 7.15. The molecule has 2 N–H and O–H groups in total. The maximum Gasteiger partial charge on any atom is 0.0480 e. The summed E-state index contributed by atoms with van der Waals surface area (Å²) in [4.78, 5) is 0. The minimum atomic E-state index is 0.392. The van der Waals surface area contributed by atoms with Gasteiger partial charge in [0, 0.05) is 30.1 Å². The molecular formula is C22H26N2. The minimum absolute atomic E-state index is 0.392. The maximum absolute atomic E-state index is 6.17. The summed E-state index contributed by atoms with van der Waals surface area (Å²) in [5.41, 5.74) is 13.4. The van der Waals surface area contributed by atoms with Crippen molar-refractivity contribution in [2.75, 3.05) is 6.54 Å². The molecule has 1 unspecified atom stereocenters. The van der Waals surface area contributed by atoms with Gasteiger partial charge in [0.15, 0.2) is 0 Å². The molecule has 0 bridgehead atoms. The molecule has 3 aromatic rings. The number of hydrogen-bond acceptors (Lipinski definition) is 1. The van der Waals surface area contributed by atoms with Crippen molar-refractivity contribution in [3.05, 3.63) is 70.9 Å². The molecule has 0 aliphatic heterocycles. The molecule has 0 amide bonds. The molecule has 1 aromatic heterocycles. The van der Waals surface area contributed by atoms with Gasteiger partial charge in [-0.1, -0.05) is 36.4 Å². The van der Waals surface area contributed by atoms with Crippen LogP contribution in [0.4, 0.5) is 0 Å². The first-order valence-corrected chi connectivity index (χ1v) is 9.11. The topological polar surface area (TPSA) is 30.9 Å². The summed E-state index contributed by atoms with van der Waals surface area (Å²) in [5, 5.41) is 1.36. The molecule has 1 aliphatic carbocycles. The minimum Gasteiger partial charge on any atom is -0.350 e. The summed E-state index contributed by atoms with van der Waals surface area (Å²) in [5.74, 6) is 0.392. The van der Waals surface area contributed by atoms with Crippen LogP contribution in [-0.4, -0.2) is 11.1 Å². The van der Waals surface area contributed by atoms with Gasteiger partial charge in [0.2, 0.25) is 0 Å². The van der Waals surface area contributed by atoms with Gasteiger partial charge < -0.3 is 10.3 Å². The van der Waals surface area contributed by atoms with Crippen LogP contribution in [-0.2, 0) is 26.3 Å². The summed E-state index contributed by atoms with van der Waals surface area (Å²) in [6.07, 6.45) is 8.42. The molecular weight excluding hydrogens is 292 g/mol. The molecule has 124 valence electrons. The van der Waals surface area contributed by atoms with Crippen LogP contribution in [0.2, 0.25) is 0 Å². The zero-order valence-corrected chi connectivity index (χ0v) is 14.5. The van der Waals surface area contributed by atoms with Gasteiger partial charge in [-0.15, -0.1) is 0 Å². The highest BCUT2D eigenvalue weighted by molar-refractivity contribution is 5.84. The van der Waals surface area contributed by atoms with E-state index in [-0.39, 0.29) is 0 Å². The Balaban J connectivity index is 1.66. The van der Waals surface area contributed by atoms with E-state index in [1.807, 2.05) is 0 Å². The van der Waals surface area contributed by atoms with Crippen LogP contribution in [0, 0.1) is 0 Å². The van der Waals surface area contributed by atoms with Crippen molar-refractivity contribution in [1.82, 2.24) is 4.57 Å². The zero-order chi connectivity index (χ0) is 16.5. The number of benzene rings is 2. The second-order valence-corrected chi connectivity index (χ2v) is 7.15. The van der Waals surface area contributed by atoms with Gasteiger partial charge in [-0.25, -0.2) is 0 Å². The molecule has 4 rings (SSSR count). The third-order valence-corrected chi connectivity index (χ3v) is 5.57. The lowest BCUT2D eigenvalue weighted by molar-refractivity contribution is 0.669. The zero-order valence-electron chi connectivity index (χ0n) is 14.5. The summed E-state index contributed by atoms with van der Waals surface area (Å²) in [7, 11) is 2.13. The van der Waals surface area contributed by atoms with Gasteiger partial charge in [0.1, 0.15) is 0 Å². The van der Waals surface area contributed by atoms with E-state index in [9.17, 15) is 0 Å². The Bertz CT molecular complexity index is 860. The Hall–Kier alpha value is -2.06. The largest absolute Gasteiger partial charge is 0.350 e. The molecule has 0 spiro atoms. The lowest BCUT2D eigenvalue weighted by Gasteiger charge is -2.20. The molecule has 24 heavy (non-hydrogen) atoms. The Morgan fingerprint density at radius 2 is 1.83 bits per heavy atom. The van der Waals surface area contributed by atoms with Gasteiger partial charge in [-0.3, -0.25) is 0 Å². The van der Waals surface area contributed by atoms with E-state index >= 15 is 0 Å². The number of para-hydroxylation sites is 1. The fraction of sp³-hybridized carbons (Fsp3) is 0.364. The number of aryl methyl sites for hydroxylation is 3. The van der Waals surface area contributed by atoms with Gasteiger partial charge >= 0.3 is 0 Å². The highest BCUT2D eigenvalue weighted by Gasteiger charge is 2.17. The van der Waals surface area contributed by atoms with Crippen LogP contribution in [0.5, 0.6) is 0 Å². The number of hydrogen-bond donors (Lipinski definition) is 1. The van der Waals surface area contributed by atoms with Gasteiger partial charge in [0.05, 0.1) is 0 Å². The Morgan fingerprint density at radius 3 is 2.67 bits per heavy atom. The fourth-order valence-corrected chi connectivity index (χ4v) is 4.20. The van der Waals surface area contributed by atoms with Crippen molar-refractivity contribution in [3.8, 4) is 0 Å². The normalized spacial score (nSPS) is 15.4. The standard InChI is InChI=1S/C22H26N2/c1-24-15-20(21-8-4-5-9-22(21)24)13-19(14-23)18-11-10-16-6-2-3-7-17(16)12-18/h4-5,8-12,15,19H,2-3,6-7,13-14,23H2,1H3. The highest BCUT2D eigenvalue weighted by atomic mass is 14.9. The maximum atomic E-state index is 6.17. The van der Waals surface area contributed by atoms with Gasteiger partial charge in [-0.2, -0.15) is 0 Å². The molecule has 0 radical (unpaired) electrons. The lowest BCUT2D eigenvalue weighted by atomic mass is 9.85. The van der Waals surface area contributed by atoms with Crippen molar-refractivity contribution >= 4 is 10.9 Å². The number of aromatic nitrogens is 1. The number of fused-ring (bicyclic) bond motifs is 2. The van der Waals surface area contributed by atoms with E-state index in [1.54, 1.807) is 11.1 Å². The van der Waals surface area contributed by atoms with Crippen LogP contribution in [0.15, 0.2) is 48.7 Å². The van der Waals surface area contributed by atoms with E-state index in [0.717, 1.165) is 6.42 Å². The predicted octanol–water partition coefficient (Wildman–Crippen LogP) is 4.34. The molecule has 1 heterocycles. The van der Waals surface area contributed by atoms with E-state index < -0.39 is 0 Å². The third kappa shape index (κ3) is 2.76. The van der Waals surface area contributed by atoms with E-state index in [0.29, 0.717) is 12.5 Å². The van der Waals surface area contributed by atoms with E-state index in [2.05, 4.69) is 60.3 Å². The Labute approximate surface area is 144 Å². The number of nitrogens with two attached hydrogens (primary N) is 1. The molecule has 2 heteroatoms. The summed E-state index contributed by atoms with van der Waals surface area (Å²) in [6.45, 7) is 0.696. The molecule has 1 aliphatic rings. The second kappa shape index (κ2) is 6.45. The fourth-order valence-electron chi connectivity index (χ4n) is 4.20. The first-order valence-electron chi connectivity index (χ1n) is 9.11. The molecule has 2 nitrogen and oxygen atoms in total. The highest BCUT2D eigenvalue weighted by Crippen LogP contribution is 2.29. The van der Waals surface area contributed by atoms with Gasteiger partial charge in [-0.05, 0) is 67.0 Å². The van der Waals surface area contributed by atoms with E-state index in [4.69, 9.17) is 5.73 Å². The SMILES string of the molecule is Cn1cc(CC(CN)c2ccc3c(c2)CCCC3)c2ccccc21. The average Bonchev–Trinajstić information content (AvgIpc) is 2.95. The lowest BCUT2D eigenvalue weighted by Crippen LogP contribution is -2.16. The number of nitrogens with zero attached hydrogens (tertiary/aromatic N) is 1. The van der Waals surface area contributed by atoms with Crippen LogP contribution in [0.3, 0.4) is 0 Å². The molecule has 1 atom stereocenters. The molecule has 2 aromatic carbocycles. The summed E-state index contributed by atoms with van der Waals surface area (Å²) < 4.78 is 2.23. The van der Waals surface area contributed by atoms with Gasteiger partial charge in [0.25, 0.3) is 0 Å². The third-order valence-electron chi connectivity index (χ3n) is 5.57. The molecule has 0 saturated heterocycles. The van der Waals surface area contributed by atoms with Crippen molar-refractivity contribution in [3.63, 3.8) is 0 Å². The first kappa shape index (κ1) is 15.5. The molecule has 0 fully saturated rings. The Morgan fingerprint density at radius 1 is 1.04 bits per heavy atom. The van der Waals surface area contributed by atoms with Crippen LogP contribution in [0.1, 0.15) is 41.0 Å². The molecule has 0 saturated carbocycles. The van der Waals surface area contributed by atoms with Crippen molar-refractivity contribution in [2.24, 2.45) is 12.8 Å². The number of rotatable bonds is 4.